The summed E-state index contributed by atoms with van der Waals surface area (Å²) in [6, 6.07) is 58.5. The van der Waals surface area contributed by atoms with Crippen molar-refractivity contribution in [1.29, 1.82) is 0 Å². The molecule has 0 bridgehead atoms. The van der Waals surface area contributed by atoms with Crippen LogP contribution in [0.5, 0.6) is 0 Å². The van der Waals surface area contributed by atoms with E-state index >= 15 is 0 Å². The van der Waals surface area contributed by atoms with Crippen molar-refractivity contribution in [1.82, 2.24) is 19.5 Å². The SMILES string of the molecule is CCCCc1cccc(-c2nc(-c3ccccc3)nc(-c3ccc(-n4c5ccccc5c5cc(-c6cccc7c6sc6ccccc67)ccc54)cc3)n2)c1. The average molecular weight is 713 g/mol. The molecule has 3 heterocycles. The summed E-state index contributed by atoms with van der Waals surface area (Å²) in [6.07, 6.45) is 3.36. The Labute approximate surface area is 318 Å². The lowest BCUT2D eigenvalue weighted by molar-refractivity contribution is 0.795. The minimum Gasteiger partial charge on any atom is -0.309 e. The molecule has 0 N–H and O–H groups in total. The monoisotopic (exact) mass is 712 g/mol. The van der Waals surface area contributed by atoms with Gasteiger partial charge in [0.05, 0.1) is 11.0 Å². The van der Waals surface area contributed by atoms with E-state index in [1.807, 2.05) is 29.5 Å². The standard InChI is InChI=1S/C49H36N4S/c1-2-3-13-32-14-11-17-36(30-32)49-51-47(33-15-5-4-6-16-33)50-48(52-49)34-24-27-37(28-25-34)53-43-22-9-7-18-39(43)42-31-35(26-29-44(42)53)38-20-12-21-41-40-19-8-10-23-45(40)54-46(38)41/h4-12,14-31H,2-3,13H2,1H3. The molecule has 5 heteroatoms. The molecule has 0 radical (unpaired) electrons. The minimum absolute atomic E-state index is 0.659. The second-order valence-corrected chi connectivity index (χ2v) is 14.9. The van der Waals surface area contributed by atoms with Gasteiger partial charge in [0.1, 0.15) is 0 Å². The molecule has 10 rings (SSSR count). The zero-order valence-corrected chi connectivity index (χ0v) is 30.7. The van der Waals surface area contributed by atoms with E-state index in [9.17, 15) is 0 Å². The predicted molar refractivity (Wildman–Crippen MR) is 227 cm³/mol. The average Bonchev–Trinajstić information content (AvgIpc) is 3.79. The van der Waals surface area contributed by atoms with Crippen molar-refractivity contribution >= 4 is 53.3 Å². The molecule has 0 saturated carbocycles. The number of fused-ring (bicyclic) bond motifs is 6. The van der Waals surface area contributed by atoms with E-state index in [2.05, 4.69) is 157 Å². The third-order valence-corrected chi connectivity index (χ3v) is 11.7. The van der Waals surface area contributed by atoms with Crippen LogP contribution in [0.1, 0.15) is 25.3 Å². The molecule has 10 aromatic rings. The highest BCUT2D eigenvalue weighted by atomic mass is 32.1. The first-order valence-corrected chi connectivity index (χ1v) is 19.5. The molecule has 0 fully saturated rings. The van der Waals surface area contributed by atoms with Crippen molar-refractivity contribution in [3.63, 3.8) is 0 Å². The highest BCUT2D eigenvalue weighted by Crippen LogP contribution is 2.42. The number of aryl methyl sites for hydroxylation is 1. The smallest absolute Gasteiger partial charge is 0.164 e. The van der Waals surface area contributed by atoms with Gasteiger partial charge in [-0.05, 0) is 84.1 Å². The second-order valence-electron chi connectivity index (χ2n) is 13.9. The summed E-state index contributed by atoms with van der Waals surface area (Å²) in [7, 11) is 0. The maximum atomic E-state index is 5.06. The molecule has 0 aliphatic carbocycles. The number of unbranched alkanes of at least 4 members (excludes halogenated alkanes) is 1. The van der Waals surface area contributed by atoms with Gasteiger partial charge in [-0.1, -0.05) is 123 Å². The Bertz CT molecular complexity index is 2980. The number of nitrogens with zero attached hydrogens (tertiary/aromatic N) is 4. The van der Waals surface area contributed by atoms with E-state index < -0.39 is 0 Å². The van der Waals surface area contributed by atoms with Gasteiger partial charge in [0, 0.05) is 53.3 Å². The molecule has 0 amide bonds. The van der Waals surface area contributed by atoms with Gasteiger partial charge < -0.3 is 4.57 Å². The van der Waals surface area contributed by atoms with Gasteiger partial charge >= 0.3 is 0 Å². The van der Waals surface area contributed by atoms with E-state index in [0.717, 1.165) is 41.6 Å². The first-order valence-electron chi connectivity index (χ1n) is 18.7. The van der Waals surface area contributed by atoms with Crippen LogP contribution in [-0.2, 0) is 6.42 Å². The van der Waals surface area contributed by atoms with Gasteiger partial charge in [-0.3, -0.25) is 0 Å². The number of rotatable bonds is 8. The number of thiophene rings is 1. The Morgan fingerprint density at radius 1 is 0.481 bits per heavy atom. The Balaban J connectivity index is 1.07. The third-order valence-electron chi connectivity index (χ3n) is 10.4. The lowest BCUT2D eigenvalue weighted by atomic mass is 10.0. The highest BCUT2D eigenvalue weighted by molar-refractivity contribution is 7.26. The molecule has 0 spiro atoms. The summed E-state index contributed by atoms with van der Waals surface area (Å²) in [5, 5.41) is 5.11. The lowest BCUT2D eigenvalue weighted by Gasteiger charge is -2.11. The van der Waals surface area contributed by atoms with Gasteiger partial charge in [-0.25, -0.2) is 15.0 Å². The fourth-order valence-electron chi connectivity index (χ4n) is 7.75. The van der Waals surface area contributed by atoms with Crippen molar-refractivity contribution in [3.8, 4) is 51.0 Å². The van der Waals surface area contributed by atoms with Gasteiger partial charge in [0.2, 0.25) is 0 Å². The van der Waals surface area contributed by atoms with Crippen LogP contribution in [0.3, 0.4) is 0 Å². The summed E-state index contributed by atoms with van der Waals surface area (Å²) in [4.78, 5) is 15.0. The molecule has 54 heavy (non-hydrogen) atoms. The zero-order chi connectivity index (χ0) is 36.0. The molecule has 0 aliphatic heterocycles. The maximum Gasteiger partial charge on any atom is 0.164 e. The highest BCUT2D eigenvalue weighted by Gasteiger charge is 2.17. The van der Waals surface area contributed by atoms with Crippen molar-refractivity contribution in [3.05, 3.63) is 169 Å². The van der Waals surface area contributed by atoms with Crippen LogP contribution < -0.4 is 0 Å². The predicted octanol–water partition coefficient (Wildman–Crippen LogP) is 13.3. The molecule has 7 aromatic carbocycles. The van der Waals surface area contributed by atoms with Crippen molar-refractivity contribution < 1.29 is 0 Å². The molecular weight excluding hydrogens is 677 g/mol. The number of benzene rings is 7. The number of para-hydroxylation sites is 1. The third kappa shape index (κ3) is 5.65. The number of hydrogen-bond acceptors (Lipinski definition) is 4. The Morgan fingerprint density at radius 3 is 1.93 bits per heavy atom. The topological polar surface area (TPSA) is 43.6 Å². The van der Waals surface area contributed by atoms with Crippen LogP contribution in [0.4, 0.5) is 0 Å². The van der Waals surface area contributed by atoms with Crippen molar-refractivity contribution in [2.24, 2.45) is 0 Å². The van der Waals surface area contributed by atoms with E-state index in [0.29, 0.717) is 17.5 Å². The molecule has 0 saturated heterocycles. The molecule has 3 aromatic heterocycles. The van der Waals surface area contributed by atoms with Gasteiger partial charge in [0.25, 0.3) is 0 Å². The summed E-state index contributed by atoms with van der Waals surface area (Å²) in [6.45, 7) is 2.23. The first kappa shape index (κ1) is 32.2. The normalized spacial score (nSPS) is 11.6. The van der Waals surface area contributed by atoms with Crippen molar-refractivity contribution in [2.45, 2.75) is 26.2 Å². The molecule has 0 aliphatic rings. The molecule has 258 valence electrons. The van der Waals surface area contributed by atoms with Crippen LogP contribution in [0.15, 0.2) is 164 Å². The van der Waals surface area contributed by atoms with E-state index in [4.69, 9.17) is 15.0 Å². The zero-order valence-electron chi connectivity index (χ0n) is 29.9. The van der Waals surface area contributed by atoms with Crippen LogP contribution >= 0.6 is 11.3 Å². The quantitative estimate of drug-likeness (QED) is 0.158. The first-order chi connectivity index (χ1) is 26.7. The summed E-state index contributed by atoms with van der Waals surface area (Å²) >= 11 is 1.88. The molecule has 0 unspecified atom stereocenters. The lowest BCUT2D eigenvalue weighted by Crippen LogP contribution is -2.01. The number of hydrogen-bond donors (Lipinski definition) is 0. The Kier molecular flexibility index (Phi) is 8.07. The minimum atomic E-state index is 0.659. The molecule has 0 atom stereocenters. The Morgan fingerprint density at radius 2 is 1.11 bits per heavy atom. The second kappa shape index (κ2) is 13.5. The van der Waals surface area contributed by atoms with Gasteiger partial charge in [-0.2, -0.15) is 0 Å². The van der Waals surface area contributed by atoms with Crippen LogP contribution in [0.2, 0.25) is 0 Å². The maximum absolute atomic E-state index is 5.06. The van der Waals surface area contributed by atoms with E-state index in [-0.39, 0.29) is 0 Å². The molecular formula is C49H36N4S. The number of aromatic nitrogens is 4. The summed E-state index contributed by atoms with van der Waals surface area (Å²) < 4.78 is 5.02. The van der Waals surface area contributed by atoms with Crippen LogP contribution in [0, 0.1) is 0 Å². The van der Waals surface area contributed by atoms with Gasteiger partial charge in [-0.15, -0.1) is 11.3 Å². The van der Waals surface area contributed by atoms with Gasteiger partial charge in [0.15, 0.2) is 17.5 Å². The fourth-order valence-corrected chi connectivity index (χ4v) is 8.99. The van der Waals surface area contributed by atoms with Crippen LogP contribution in [-0.4, -0.2) is 19.5 Å². The van der Waals surface area contributed by atoms with E-state index in [1.165, 1.54) is 58.7 Å². The summed E-state index contributed by atoms with van der Waals surface area (Å²) in [5.41, 5.74) is 10.2. The van der Waals surface area contributed by atoms with Crippen LogP contribution in [0.25, 0.3) is 93.0 Å². The largest absolute Gasteiger partial charge is 0.309 e. The summed E-state index contributed by atoms with van der Waals surface area (Å²) in [5.74, 6) is 2.01. The Hall–Kier alpha value is -6.43. The van der Waals surface area contributed by atoms with Crippen molar-refractivity contribution in [2.75, 3.05) is 0 Å². The van der Waals surface area contributed by atoms with E-state index in [1.54, 1.807) is 0 Å². The fraction of sp³-hybridized carbons (Fsp3) is 0.0816. The molecule has 4 nitrogen and oxygen atoms in total.